The van der Waals surface area contributed by atoms with Crippen LogP contribution in [-0.2, 0) is 23.9 Å². The number of carbonyl (C=O) groups is 4. The molecule has 2 spiro atoms. The Balaban J connectivity index is 1.07. The van der Waals surface area contributed by atoms with Crippen molar-refractivity contribution >= 4 is 35.0 Å². The predicted molar refractivity (Wildman–Crippen MR) is 189 cm³/mol. The average Bonchev–Trinajstić information content (AvgIpc) is 3.44. The Morgan fingerprint density at radius 3 is 2.28 bits per heavy atom. The molecule has 3 aliphatic heterocycles. The van der Waals surface area contributed by atoms with E-state index in [-0.39, 0.29) is 47.4 Å². The molecule has 4 heterocycles. The zero-order valence-corrected chi connectivity index (χ0v) is 31.3. The number of nitrogens with one attached hydrogen (secondary N) is 1. The summed E-state index contributed by atoms with van der Waals surface area (Å²) < 4.78 is 11.9. The van der Waals surface area contributed by atoms with Gasteiger partial charge in [0.2, 0.25) is 17.7 Å². The van der Waals surface area contributed by atoms with Crippen molar-refractivity contribution in [3.05, 3.63) is 16.6 Å². The van der Waals surface area contributed by atoms with Crippen LogP contribution in [-0.4, -0.2) is 115 Å². The standard InChI is InChI=1S/C38H57N5O6S/c1-25(49-20-26-8-12-37(13-9-26)10-6-11-37)31(35(47)41-14-5-7-27(17-41)19-48-4)40-32(44)29-18-42(34(46)30-16-39-24-50-30)21-38(29)22-43(23-38)33(45)28-15-36(28,2)3/h16,24-29,31H,5-15,17-23H2,1-4H3,(H,40,44)/t25-,27+,28-,29+,31+/m1/s1. The smallest absolute Gasteiger partial charge is 0.265 e. The number of rotatable bonds is 11. The molecule has 276 valence electrons. The molecule has 0 aromatic carbocycles. The van der Waals surface area contributed by atoms with E-state index >= 15 is 0 Å². The van der Waals surface area contributed by atoms with Gasteiger partial charge in [0, 0.05) is 64.3 Å². The highest BCUT2D eigenvalue weighted by Gasteiger charge is 2.62. The van der Waals surface area contributed by atoms with Crippen LogP contribution < -0.4 is 5.32 Å². The van der Waals surface area contributed by atoms with Gasteiger partial charge in [-0.2, -0.15) is 0 Å². The second-order valence-electron chi connectivity index (χ2n) is 17.5. The molecule has 4 amide bonds. The highest BCUT2D eigenvalue weighted by atomic mass is 32.1. The van der Waals surface area contributed by atoms with Gasteiger partial charge in [-0.25, -0.2) is 0 Å². The van der Waals surface area contributed by atoms with E-state index in [0.717, 1.165) is 32.1 Å². The van der Waals surface area contributed by atoms with Crippen molar-refractivity contribution in [2.45, 2.75) is 97.1 Å². The molecule has 1 N–H and O–H groups in total. The average molecular weight is 712 g/mol. The fraction of sp³-hybridized carbons (Fsp3) is 0.816. The molecule has 1 aromatic heterocycles. The van der Waals surface area contributed by atoms with Crippen LogP contribution in [0, 0.1) is 39.9 Å². The summed E-state index contributed by atoms with van der Waals surface area (Å²) >= 11 is 1.29. The Labute approximate surface area is 301 Å². The molecule has 11 nitrogen and oxygen atoms in total. The van der Waals surface area contributed by atoms with Crippen LogP contribution in [0.15, 0.2) is 11.7 Å². The highest BCUT2D eigenvalue weighted by molar-refractivity contribution is 7.11. The minimum atomic E-state index is -0.848. The summed E-state index contributed by atoms with van der Waals surface area (Å²) in [5.41, 5.74) is 1.66. The third kappa shape index (κ3) is 7.09. The minimum Gasteiger partial charge on any atom is -0.384 e. The van der Waals surface area contributed by atoms with E-state index in [9.17, 15) is 19.2 Å². The number of thiazole rings is 1. The molecule has 12 heteroatoms. The number of piperidine rings is 1. The molecule has 0 unspecified atom stereocenters. The van der Waals surface area contributed by atoms with Crippen molar-refractivity contribution in [1.82, 2.24) is 25.0 Å². The number of nitrogens with zero attached hydrogens (tertiary/aromatic N) is 4. The van der Waals surface area contributed by atoms with Crippen LogP contribution >= 0.6 is 11.3 Å². The maximum atomic E-state index is 14.5. The van der Waals surface area contributed by atoms with Gasteiger partial charge in [0.05, 0.1) is 30.3 Å². The molecule has 1 aromatic rings. The largest absolute Gasteiger partial charge is 0.384 e. The van der Waals surface area contributed by atoms with E-state index in [0.29, 0.717) is 62.1 Å². The molecule has 50 heavy (non-hydrogen) atoms. The Morgan fingerprint density at radius 2 is 1.66 bits per heavy atom. The number of hydrogen-bond acceptors (Lipinski definition) is 8. The normalized spacial score (nSPS) is 29.3. The fourth-order valence-corrected chi connectivity index (χ4v) is 10.3. The van der Waals surface area contributed by atoms with Crippen molar-refractivity contribution in [1.29, 1.82) is 0 Å². The third-order valence-corrected chi connectivity index (χ3v) is 14.2. The van der Waals surface area contributed by atoms with Gasteiger partial charge in [-0.05, 0) is 87.4 Å². The summed E-state index contributed by atoms with van der Waals surface area (Å²) in [4.78, 5) is 65.9. The van der Waals surface area contributed by atoms with Gasteiger partial charge in [0.15, 0.2) is 0 Å². The SMILES string of the molecule is COC[C@H]1CCCN(C(=O)[C@@H](NC(=O)[C@@H]2CN(C(=O)c3cncs3)CC23CN(C(=O)[C@H]2CC2(C)C)C3)[C@@H](C)OCC2CCC3(CCC3)CC2)C1. The number of hydrogen-bond donors (Lipinski definition) is 1. The van der Waals surface area contributed by atoms with E-state index in [1.165, 1.54) is 43.4 Å². The van der Waals surface area contributed by atoms with Crippen LogP contribution in [0.5, 0.6) is 0 Å². The van der Waals surface area contributed by atoms with Crippen LogP contribution in [0.4, 0.5) is 0 Å². The number of carbonyl (C=O) groups excluding carboxylic acids is 4. The summed E-state index contributed by atoms with van der Waals surface area (Å²) in [6.45, 7) is 10.1. The van der Waals surface area contributed by atoms with Gasteiger partial charge < -0.3 is 29.5 Å². The quantitative estimate of drug-likeness (QED) is 0.365. The number of ether oxygens (including phenoxy) is 2. The lowest BCUT2D eigenvalue weighted by atomic mass is 9.59. The molecule has 3 aliphatic carbocycles. The van der Waals surface area contributed by atoms with Gasteiger partial charge in [0.25, 0.3) is 5.91 Å². The van der Waals surface area contributed by atoms with E-state index in [4.69, 9.17) is 9.47 Å². The van der Waals surface area contributed by atoms with Gasteiger partial charge in [-0.1, -0.05) is 20.3 Å². The lowest BCUT2D eigenvalue weighted by Gasteiger charge is -2.50. The predicted octanol–water partition coefficient (Wildman–Crippen LogP) is 4.23. The van der Waals surface area contributed by atoms with Crippen molar-refractivity contribution in [2.24, 2.45) is 39.9 Å². The summed E-state index contributed by atoms with van der Waals surface area (Å²) in [6, 6.07) is -0.848. The lowest BCUT2D eigenvalue weighted by molar-refractivity contribution is -0.153. The summed E-state index contributed by atoms with van der Waals surface area (Å²) in [5.74, 6) is -0.184. The van der Waals surface area contributed by atoms with Crippen molar-refractivity contribution < 1.29 is 28.7 Å². The summed E-state index contributed by atoms with van der Waals surface area (Å²) in [5, 5.41) is 3.19. The first-order chi connectivity index (χ1) is 23.9. The Hall–Kier alpha value is -2.57. The van der Waals surface area contributed by atoms with Gasteiger partial charge in [0.1, 0.15) is 10.9 Å². The molecule has 0 bridgehead atoms. The first kappa shape index (κ1) is 35.8. The second-order valence-corrected chi connectivity index (χ2v) is 18.4. The van der Waals surface area contributed by atoms with E-state index in [1.807, 2.05) is 16.7 Å². The molecule has 3 saturated heterocycles. The number of amides is 4. The maximum absolute atomic E-state index is 14.5. The zero-order valence-electron chi connectivity index (χ0n) is 30.5. The molecule has 6 aliphatic rings. The topological polar surface area (TPSA) is 121 Å². The maximum Gasteiger partial charge on any atom is 0.265 e. The van der Waals surface area contributed by atoms with Crippen LogP contribution in [0.3, 0.4) is 0 Å². The summed E-state index contributed by atoms with van der Waals surface area (Å²) in [6.07, 6.45) is 12.7. The molecule has 5 atom stereocenters. The third-order valence-electron chi connectivity index (χ3n) is 13.5. The molecular formula is C38H57N5O6S. The van der Waals surface area contributed by atoms with Gasteiger partial charge in [-0.3, -0.25) is 24.2 Å². The van der Waals surface area contributed by atoms with Crippen molar-refractivity contribution in [3.8, 4) is 0 Å². The Morgan fingerprint density at radius 1 is 0.940 bits per heavy atom. The van der Waals surface area contributed by atoms with Gasteiger partial charge >= 0.3 is 0 Å². The Bertz CT molecular complexity index is 1410. The first-order valence-corrected chi connectivity index (χ1v) is 20.0. The van der Waals surface area contributed by atoms with E-state index in [1.54, 1.807) is 23.7 Å². The van der Waals surface area contributed by atoms with Crippen LogP contribution in [0.25, 0.3) is 0 Å². The van der Waals surface area contributed by atoms with Crippen molar-refractivity contribution in [3.63, 3.8) is 0 Å². The molecular weight excluding hydrogens is 655 g/mol. The second kappa shape index (κ2) is 14.1. The monoisotopic (exact) mass is 711 g/mol. The lowest BCUT2D eigenvalue weighted by Crippen LogP contribution is -2.65. The molecule has 7 rings (SSSR count). The van der Waals surface area contributed by atoms with E-state index in [2.05, 4.69) is 24.1 Å². The summed E-state index contributed by atoms with van der Waals surface area (Å²) in [7, 11) is 1.69. The van der Waals surface area contributed by atoms with Crippen LogP contribution in [0.2, 0.25) is 0 Å². The number of methoxy groups -OCH3 is 1. The Kier molecular flexibility index (Phi) is 10.1. The minimum absolute atomic E-state index is 0.0111. The first-order valence-electron chi connectivity index (χ1n) is 19.1. The molecule has 3 saturated carbocycles. The van der Waals surface area contributed by atoms with E-state index < -0.39 is 23.5 Å². The molecule has 0 radical (unpaired) electrons. The fourth-order valence-electron chi connectivity index (χ4n) is 9.75. The highest BCUT2D eigenvalue weighted by Crippen LogP contribution is 2.55. The van der Waals surface area contributed by atoms with Crippen LogP contribution in [0.1, 0.15) is 94.7 Å². The van der Waals surface area contributed by atoms with Crippen molar-refractivity contribution in [2.75, 3.05) is 59.6 Å². The number of likely N-dealkylation sites (tertiary alicyclic amines) is 3. The number of aromatic nitrogens is 1. The molecule has 6 fully saturated rings. The zero-order chi connectivity index (χ0) is 35.3. The van der Waals surface area contributed by atoms with Gasteiger partial charge in [-0.15, -0.1) is 11.3 Å².